The topological polar surface area (TPSA) is 29.1 Å². The molecular weight excluding hydrogens is 186 g/mol. The largest absolute Gasteiger partial charge is 0.347 e. The summed E-state index contributed by atoms with van der Waals surface area (Å²) in [7, 11) is 0. The average Bonchev–Trinajstić information content (AvgIpc) is 2.18. The van der Waals surface area contributed by atoms with Crippen molar-refractivity contribution in [2.24, 2.45) is 0 Å². The van der Waals surface area contributed by atoms with Crippen molar-refractivity contribution < 1.29 is 4.79 Å². The molecule has 1 atom stereocenters. The van der Waals surface area contributed by atoms with Crippen LogP contribution in [0.25, 0.3) is 0 Å². The van der Waals surface area contributed by atoms with Gasteiger partial charge in [0.25, 0.3) is 0 Å². The van der Waals surface area contributed by atoms with Gasteiger partial charge in [-0.15, -0.1) is 6.58 Å². The van der Waals surface area contributed by atoms with Crippen LogP contribution in [-0.4, -0.2) is 5.91 Å². The Labute approximate surface area is 91.0 Å². The number of benzene rings is 1. The summed E-state index contributed by atoms with van der Waals surface area (Å²) < 4.78 is 0. The molecule has 0 aliphatic heterocycles. The van der Waals surface area contributed by atoms with E-state index in [1.54, 1.807) is 0 Å². The molecular formula is C13H17NO. The Balaban J connectivity index is 3.00. The van der Waals surface area contributed by atoms with E-state index in [4.69, 9.17) is 0 Å². The Kier molecular flexibility index (Phi) is 3.67. The van der Waals surface area contributed by atoms with Gasteiger partial charge in [-0.3, -0.25) is 4.79 Å². The zero-order valence-corrected chi connectivity index (χ0v) is 9.29. The summed E-state index contributed by atoms with van der Waals surface area (Å²) in [5, 5.41) is 2.96. The monoisotopic (exact) mass is 203 g/mol. The molecule has 0 saturated heterocycles. The first-order valence-corrected chi connectivity index (χ1v) is 5.03. The van der Waals surface area contributed by atoms with Gasteiger partial charge >= 0.3 is 0 Å². The van der Waals surface area contributed by atoms with Crippen molar-refractivity contribution in [3.8, 4) is 0 Å². The molecule has 80 valence electrons. The molecule has 0 fully saturated rings. The van der Waals surface area contributed by atoms with Crippen molar-refractivity contribution in [3.05, 3.63) is 48.6 Å². The maximum absolute atomic E-state index is 11.2. The summed E-state index contributed by atoms with van der Waals surface area (Å²) in [6, 6.07) is 9.93. The van der Waals surface area contributed by atoms with E-state index in [1.165, 1.54) is 6.92 Å². The Hall–Kier alpha value is -1.57. The fraction of sp³-hybridized carbons (Fsp3) is 0.308. The number of nitrogens with one attached hydrogen (secondary N) is 1. The highest BCUT2D eigenvalue weighted by Gasteiger charge is 2.25. The number of carbonyl (C=O) groups excluding carboxylic acids is 1. The fourth-order valence-electron chi connectivity index (χ4n) is 1.72. The van der Waals surface area contributed by atoms with Crippen molar-refractivity contribution in [1.29, 1.82) is 0 Å². The van der Waals surface area contributed by atoms with Crippen LogP contribution >= 0.6 is 0 Å². The van der Waals surface area contributed by atoms with Crippen LogP contribution in [-0.2, 0) is 10.3 Å². The molecule has 1 N–H and O–H groups in total. The van der Waals surface area contributed by atoms with Crippen LogP contribution in [0, 0.1) is 0 Å². The minimum Gasteiger partial charge on any atom is -0.347 e. The number of hydrogen-bond acceptors (Lipinski definition) is 1. The van der Waals surface area contributed by atoms with Crippen molar-refractivity contribution in [1.82, 2.24) is 5.32 Å². The number of amides is 1. The lowest BCUT2D eigenvalue weighted by Gasteiger charge is -2.29. The smallest absolute Gasteiger partial charge is 0.217 e. The standard InChI is InChI=1S/C13H17NO/c1-4-10-13(3,14-11(2)15)12-8-6-5-7-9-12/h4-9H,1,10H2,2-3H3,(H,14,15)/t13-/m1/s1. The van der Waals surface area contributed by atoms with Gasteiger partial charge in [0.15, 0.2) is 0 Å². The van der Waals surface area contributed by atoms with Gasteiger partial charge in [-0.1, -0.05) is 36.4 Å². The van der Waals surface area contributed by atoms with Crippen LogP contribution in [0.15, 0.2) is 43.0 Å². The van der Waals surface area contributed by atoms with Gasteiger partial charge in [-0.2, -0.15) is 0 Å². The second kappa shape index (κ2) is 4.78. The molecule has 1 amide bonds. The minimum atomic E-state index is -0.352. The Morgan fingerprint density at radius 3 is 2.53 bits per heavy atom. The highest BCUT2D eigenvalue weighted by atomic mass is 16.1. The third-order valence-electron chi connectivity index (χ3n) is 2.42. The Bertz CT molecular complexity index is 345. The summed E-state index contributed by atoms with van der Waals surface area (Å²) >= 11 is 0. The summed E-state index contributed by atoms with van der Waals surface area (Å²) in [5.74, 6) is -0.0248. The highest BCUT2D eigenvalue weighted by molar-refractivity contribution is 5.74. The summed E-state index contributed by atoms with van der Waals surface area (Å²) in [4.78, 5) is 11.2. The predicted octanol–water partition coefficient (Wildman–Crippen LogP) is 2.61. The van der Waals surface area contributed by atoms with Gasteiger partial charge in [0.05, 0.1) is 5.54 Å². The summed E-state index contributed by atoms with van der Waals surface area (Å²) in [5.41, 5.74) is 0.745. The van der Waals surface area contributed by atoms with E-state index in [-0.39, 0.29) is 11.4 Å². The molecule has 0 aliphatic carbocycles. The molecule has 2 heteroatoms. The van der Waals surface area contributed by atoms with E-state index in [1.807, 2.05) is 43.3 Å². The fourth-order valence-corrected chi connectivity index (χ4v) is 1.72. The van der Waals surface area contributed by atoms with Crippen molar-refractivity contribution in [3.63, 3.8) is 0 Å². The van der Waals surface area contributed by atoms with Gasteiger partial charge in [-0.25, -0.2) is 0 Å². The van der Waals surface area contributed by atoms with Crippen LogP contribution in [0.2, 0.25) is 0 Å². The molecule has 1 rings (SSSR count). The first kappa shape index (κ1) is 11.5. The highest BCUT2D eigenvalue weighted by Crippen LogP contribution is 2.24. The molecule has 1 aromatic rings. The third kappa shape index (κ3) is 2.94. The van der Waals surface area contributed by atoms with Crippen LogP contribution in [0.4, 0.5) is 0 Å². The summed E-state index contributed by atoms with van der Waals surface area (Å²) in [6.07, 6.45) is 2.54. The maximum Gasteiger partial charge on any atom is 0.217 e. The van der Waals surface area contributed by atoms with E-state index in [0.717, 1.165) is 12.0 Å². The Morgan fingerprint density at radius 1 is 1.47 bits per heavy atom. The summed E-state index contributed by atoms with van der Waals surface area (Å²) in [6.45, 7) is 7.26. The SMILES string of the molecule is C=CC[C@@](C)(NC(C)=O)c1ccccc1. The molecule has 0 spiro atoms. The van der Waals surface area contributed by atoms with E-state index < -0.39 is 0 Å². The molecule has 2 nitrogen and oxygen atoms in total. The minimum absolute atomic E-state index is 0.0248. The van der Waals surface area contributed by atoms with E-state index >= 15 is 0 Å². The van der Waals surface area contributed by atoms with Gasteiger partial charge in [0.1, 0.15) is 0 Å². The van der Waals surface area contributed by atoms with Gasteiger partial charge < -0.3 is 5.32 Å². The van der Waals surface area contributed by atoms with Gasteiger partial charge in [0, 0.05) is 6.92 Å². The van der Waals surface area contributed by atoms with Crippen molar-refractivity contribution in [2.45, 2.75) is 25.8 Å². The zero-order chi connectivity index (χ0) is 11.3. The molecule has 0 unspecified atom stereocenters. The molecule has 0 saturated carbocycles. The van der Waals surface area contributed by atoms with Gasteiger partial charge in [0.2, 0.25) is 5.91 Å². The third-order valence-corrected chi connectivity index (χ3v) is 2.42. The van der Waals surface area contributed by atoms with Crippen LogP contribution in [0.1, 0.15) is 25.8 Å². The lowest BCUT2D eigenvalue weighted by atomic mass is 9.88. The lowest BCUT2D eigenvalue weighted by molar-refractivity contribution is -0.120. The number of hydrogen-bond donors (Lipinski definition) is 1. The average molecular weight is 203 g/mol. The second-order valence-corrected chi connectivity index (χ2v) is 3.87. The first-order valence-electron chi connectivity index (χ1n) is 5.03. The normalized spacial score (nSPS) is 14.0. The molecule has 0 aliphatic rings. The zero-order valence-electron chi connectivity index (χ0n) is 9.29. The maximum atomic E-state index is 11.2. The lowest BCUT2D eigenvalue weighted by Crippen LogP contribution is -2.41. The van der Waals surface area contributed by atoms with Crippen LogP contribution < -0.4 is 5.32 Å². The van der Waals surface area contributed by atoms with Crippen molar-refractivity contribution in [2.75, 3.05) is 0 Å². The van der Waals surface area contributed by atoms with E-state index in [2.05, 4.69) is 11.9 Å². The molecule has 0 aromatic heterocycles. The number of rotatable bonds is 4. The van der Waals surface area contributed by atoms with Crippen molar-refractivity contribution >= 4 is 5.91 Å². The molecule has 15 heavy (non-hydrogen) atoms. The molecule has 0 radical (unpaired) electrons. The molecule has 1 aromatic carbocycles. The van der Waals surface area contributed by atoms with Crippen LogP contribution in [0.3, 0.4) is 0 Å². The quantitative estimate of drug-likeness (QED) is 0.749. The van der Waals surface area contributed by atoms with Gasteiger partial charge in [-0.05, 0) is 18.9 Å². The second-order valence-electron chi connectivity index (χ2n) is 3.87. The molecule has 0 bridgehead atoms. The van der Waals surface area contributed by atoms with E-state index in [9.17, 15) is 4.79 Å². The van der Waals surface area contributed by atoms with E-state index in [0.29, 0.717) is 0 Å². The van der Waals surface area contributed by atoms with Crippen LogP contribution in [0.5, 0.6) is 0 Å². The Morgan fingerprint density at radius 2 is 2.07 bits per heavy atom. The number of carbonyl (C=O) groups is 1. The predicted molar refractivity (Wildman–Crippen MR) is 62.4 cm³/mol. The first-order chi connectivity index (χ1) is 7.08. The molecule has 0 heterocycles.